The lowest BCUT2D eigenvalue weighted by Crippen LogP contribution is -2.33. The molecule has 0 fully saturated rings. The van der Waals surface area contributed by atoms with E-state index in [1.165, 1.54) is 5.56 Å². The number of carbonyl (C=O) groups is 1. The molecule has 5 nitrogen and oxygen atoms in total. The Morgan fingerprint density at radius 2 is 1.58 bits per heavy atom. The number of ether oxygens (including phenoxy) is 1. The molecule has 6 heteroatoms. The molecular weight excluding hydrogens is 438 g/mol. The number of aromatic carboxylic acids is 1. The van der Waals surface area contributed by atoms with E-state index in [1.54, 1.807) is 18.2 Å². The standard InChI is InChI=1S/C27H31NO4.ClH/c1-18(2)32-25-17-23(13-14-24(25)27(30)31)21-11-9-20(10-12-21)15-16-28-19(3)26(29)22-7-5-4-6-8-22;/h4-14,17-19,26,28-29H,15-16H2,1-3H3,(H,30,31);1H/t19-,26+;/m0./s1. The Labute approximate surface area is 201 Å². The minimum atomic E-state index is -0.998. The molecule has 3 N–H and O–H groups in total. The minimum Gasteiger partial charge on any atom is -0.490 e. The highest BCUT2D eigenvalue weighted by Gasteiger charge is 2.16. The fourth-order valence-corrected chi connectivity index (χ4v) is 3.59. The van der Waals surface area contributed by atoms with Crippen LogP contribution in [0.5, 0.6) is 5.75 Å². The molecule has 176 valence electrons. The van der Waals surface area contributed by atoms with E-state index in [9.17, 15) is 15.0 Å². The van der Waals surface area contributed by atoms with E-state index in [0.29, 0.717) is 5.75 Å². The summed E-state index contributed by atoms with van der Waals surface area (Å²) >= 11 is 0. The highest BCUT2D eigenvalue weighted by molar-refractivity contribution is 5.92. The topological polar surface area (TPSA) is 78.8 Å². The van der Waals surface area contributed by atoms with E-state index in [0.717, 1.165) is 29.7 Å². The first-order valence-corrected chi connectivity index (χ1v) is 10.9. The summed E-state index contributed by atoms with van der Waals surface area (Å²) in [5.41, 5.74) is 4.17. The van der Waals surface area contributed by atoms with Crippen molar-refractivity contribution in [2.45, 2.75) is 45.4 Å². The smallest absolute Gasteiger partial charge is 0.339 e. The van der Waals surface area contributed by atoms with Gasteiger partial charge in [-0.3, -0.25) is 0 Å². The van der Waals surface area contributed by atoms with Gasteiger partial charge in [0.25, 0.3) is 0 Å². The van der Waals surface area contributed by atoms with Crippen LogP contribution in [0.1, 0.15) is 48.4 Å². The molecule has 0 aromatic heterocycles. The third-order valence-electron chi connectivity index (χ3n) is 5.36. The second-order valence-electron chi connectivity index (χ2n) is 8.23. The average molecular weight is 470 g/mol. The van der Waals surface area contributed by atoms with Gasteiger partial charge >= 0.3 is 5.97 Å². The van der Waals surface area contributed by atoms with Crippen molar-refractivity contribution in [2.75, 3.05) is 6.54 Å². The molecule has 3 rings (SSSR count). The molecule has 0 aliphatic rings. The molecule has 0 spiro atoms. The molecule has 0 unspecified atom stereocenters. The second-order valence-corrected chi connectivity index (χ2v) is 8.23. The monoisotopic (exact) mass is 469 g/mol. The van der Waals surface area contributed by atoms with E-state index < -0.39 is 12.1 Å². The number of aliphatic hydroxyl groups is 1. The van der Waals surface area contributed by atoms with Crippen LogP contribution in [-0.2, 0) is 6.42 Å². The number of hydrogen-bond acceptors (Lipinski definition) is 4. The SMILES string of the molecule is CC(C)Oc1cc(-c2ccc(CCN[C@@H](C)[C@@H](O)c3ccccc3)cc2)ccc1C(=O)O.Cl. The number of halogens is 1. The van der Waals surface area contributed by atoms with Gasteiger partial charge in [-0.15, -0.1) is 12.4 Å². The molecule has 3 aromatic rings. The van der Waals surface area contributed by atoms with Gasteiger partial charge < -0.3 is 20.3 Å². The van der Waals surface area contributed by atoms with Gasteiger partial charge in [-0.05, 0) is 68.1 Å². The van der Waals surface area contributed by atoms with E-state index >= 15 is 0 Å². The maximum Gasteiger partial charge on any atom is 0.339 e. The summed E-state index contributed by atoms with van der Waals surface area (Å²) in [6.45, 7) is 6.49. The number of benzene rings is 3. The first-order chi connectivity index (χ1) is 15.3. The van der Waals surface area contributed by atoms with Crippen LogP contribution in [0, 0.1) is 0 Å². The minimum absolute atomic E-state index is 0. The normalized spacial score (nSPS) is 12.6. The molecule has 0 radical (unpaired) electrons. The average Bonchev–Trinajstić information content (AvgIpc) is 2.79. The molecule has 33 heavy (non-hydrogen) atoms. The Bertz CT molecular complexity index is 1020. The summed E-state index contributed by atoms with van der Waals surface area (Å²) in [6.07, 6.45) is 0.182. The number of carboxylic acids is 1. The number of aliphatic hydroxyl groups excluding tert-OH is 1. The summed E-state index contributed by atoms with van der Waals surface area (Å²) in [5, 5.41) is 23.3. The van der Waals surface area contributed by atoms with Crippen molar-refractivity contribution in [3.05, 3.63) is 89.5 Å². The third kappa shape index (κ3) is 7.32. The number of nitrogens with one attached hydrogen (secondary N) is 1. The predicted molar refractivity (Wildman–Crippen MR) is 134 cm³/mol. The lowest BCUT2D eigenvalue weighted by molar-refractivity contribution is 0.0690. The molecule has 2 atom stereocenters. The summed E-state index contributed by atoms with van der Waals surface area (Å²) in [7, 11) is 0. The second kappa shape index (κ2) is 12.4. The van der Waals surface area contributed by atoms with E-state index in [4.69, 9.17) is 4.74 Å². The molecular formula is C27H32ClNO4. The molecule has 0 saturated heterocycles. The zero-order valence-corrected chi connectivity index (χ0v) is 20.0. The van der Waals surface area contributed by atoms with E-state index in [2.05, 4.69) is 17.4 Å². The molecule has 0 saturated carbocycles. The van der Waals surface area contributed by atoms with Crippen LogP contribution in [0.2, 0.25) is 0 Å². The van der Waals surface area contributed by atoms with Crippen molar-refractivity contribution < 1.29 is 19.7 Å². The van der Waals surface area contributed by atoms with Crippen LogP contribution in [0.25, 0.3) is 11.1 Å². The van der Waals surface area contributed by atoms with Crippen LogP contribution in [0.4, 0.5) is 0 Å². The summed E-state index contributed by atoms with van der Waals surface area (Å²) in [5.74, 6) is -0.620. The maximum atomic E-state index is 11.5. The Kier molecular flexibility index (Phi) is 9.92. The Morgan fingerprint density at radius 1 is 0.939 bits per heavy atom. The first kappa shape index (κ1) is 26.4. The molecule has 0 aliphatic heterocycles. The van der Waals surface area contributed by atoms with Gasteiger partial charge in [0.2, 0.25) is 0 Å². The molecule has 0 heterocycles. The Balaban J connectivity index is 0.00000385. The van der Waals surface area contributed by atoms with Crippen LogP contribution < -0.4 is 10.1 Å². The van der Waals surface area contributed by atoms with Crippen molar-refractivity contribution >= 4 is 18.4 Å². The Hall–Kier alpha value is -2.86. The van der Waals surface area contributed by atoms with Crippen molar-refractivity contribution in [2.24, 2.45) is 0 Å². The Morgan fingerprint density at radius 3 is 2.18 bits per heavy atom. The van der Waals surface area contributed by atoms with Crippen molar-refractivity contribution in [3.8, 4) is 16.9 Å². The van der Waals surface area contributed by atoms with Crippen LogP contribution >= 0.6 is 12.4 Å². The highest BCUT2D eigenvalue weighted by Crippen LogP contribution is 2.28. The zero-order chi connectivity index (χ0) is 23.1. The van der Waals surface area contributed by atoms with Crippen molar-refractivity contribution in [1.29, 1.82) is 0 Å². The molecule has 0 aliphatic carbocycles. The molecule has 3 aromatic carbocycles. The largest absolute Gasteiger partial charge is 0.490 e. The van der Waals surface area contributed by atoms with Gasteiger partial charge in [0.1, 0.15) is 11.3 Å². The molecule has 0 amide bonds. The van der Waals surface area contributed by atoms with Crippen LogP contribution in [0.15, 0.2) is 72.8 Å². The van der Waals surface area contributed by atoms with Gasteiger partial charge in [0, 0.05) is 6.04 Å². The van der Waals surface area contributed by atoms with Gasteiger partial charge in [-0.2, -0.15) is 0 Å². The summed E-state index contributed by atoms with van der Waals surface area (Å²) in [4.78, 5) is 11.5. The van der Waals surface area contributed by atoms with Crippen molar-refractivity contribution in [1.82, 2.24) is 5.32 Å². The maximum absolute atomic E-state index is 11.5. The van der Waals surface area contributed by atoms with E-state index in [-0.39, 0.29) is 30.1 Å². The zero-order valence-electron chi connectivity index (χ0n) is 19.2. The third-order valence-corrected chi connectivity index (χ3v) is 5.36. The summed E-state index contributed by atoms with van der Waals surface area (Å²) in [6, 6.07) is 23.0. The summed E-state index contributed by atoms with van der Waals surface area (Å²) < 4.78 is 5.71. The lowest BCUT2D eigenvalue weighted by atomic mass is 10.0. The first-order valence-electron chi connectivity index (χ1n) is 10.9. The highest BCUT2D eigenvalue weighted by atomic mass is 35.5. The van der Waals surface area contributed by atoms with Crippen LogP contribution in [-0.4, -0.2) is 34.9 Å². The van der Waals surface area contributed by atoms with Crippen LogP contribution in [0.3, 0.4) is 0 Å². The quantitative estimate of drug-likeness (QED) is 0.364. The number of hydrogen-bond donors (Lipinski definition) is 3. The van der Waals surface area contributed by atoms with Gasteiger partial charge in [-0.1, -0.05) is 60.7 Å². The van der Waals surface area contributed by atoms with E-state index in [1.807, 2.05) is 63.2 Å². The fourth-order valence-electron chi connectivity index (χ4n) is 3.59. The number of carboxylic acid groups (broad SMARTS) is 1. The lowest BCUT2D eigenvalue weighted by Gasteiger charge is -2.20. The number of rotatable bonds is 10. The van der Waals surface area contributed by atoms with Gasteiger partial charge in [-0.25, -0.2) is 4.79 Å². The van der Waals surface area contributed by atoms with Crippen molar-refractivity contribution in [3.63, 3.8) is 0 Å². The predicted octanol–water partition coefficient (Wildman–Crippen LogP) is 5.52. The fraction of sp³-hybridized carbons (Fsp3) is 0.296. The van der Waals surface area contributed by atoms with Gasteiger partial charge in [0.15, 0.2) is 0 Å². The van der Waals surface area contributed by atoms with Gasteiger partial charge in [0.05, 0.1) is 12.2 Å². The molecule has 0 bridgehead atoms.